The second kappa shape index (κ2) is 37.3. The molecule has 2 aliphatic rings. The minimum atomic E-state index is -0.277. The van der Waals surface area contributed by atoms with Gasteiger partial charge in [0, 0.05) is 130 Å². The van der Waals surface area contributed by atoms with E-state index >= 15 is 0 Å². The van der Waals surface area contributed by atoms with E-state index in [1.165, 1.54) is 12.6 Å². The zero-order valence-corrected chi connectivity index (χ0v) is 75.5. The predicted molar refractivity (Wildman–Crippen MR) is 511 cm³/mol. The molecule has 0 radical (unpaired) electrons. The lowest BCUT2D eigenvalue weighted by atomic mass is 10.0. The Kier molecular flexibility index (Phi) is 24.2. The van der Waals surface area contributed by atoms with Gasteiger partial charge in [-0.2, -0.15) is 0 Å². The number of aryl methyl sites for hydroxylation is 5. The van der Waals surface area contributed by atoms with Gasteiger partial charge in [-0.1, -0.05) is 30.3 Å². The van der Waals surface area contributed by atoms with Crippen molar-refractivity contribution in [3.05, 3.63) is 296 Å². The Hall–Kier alpha value is -16.7. The number of carbonyl (C=O) groups excluding carboxylic acids is 5. The number of imidazole rings is 5. The van der Waals surface area contributed by atoms with E-state index in [4.69, 9.17) is 27.2 Å². The Balaban J connectivity index is 0.000000109. The van der Waals surface area contributed by atoms with Gasteiger partial charge in [0.2, 0.25) is 0 Å². The molecule has 5 aromatic carbocycles. The van der Waals surface area contributed by atoms with Crippen molar-refractivity contribution in [1.29, 1.82) is 0 Å². The number of pyridine rings is 6. The number of hydrogen-bond donors (Lipinski definition) is 4. The molecule has 0 unspecified atom stereocenters. The molecule has 33 nitrogen and oxygen atoms in total. The largest absolute Gasteiger partial charge is 0.441 e. The smallest absolute Gasteiger partial charge is 0.274 e. The molecule has 0 bridgehead atoms. The number of aromatic nitrogens is 16. The van der Waals surface area contributed by atoms with E-state index < -0.39 is 0 Å². The van der Waals surface area contributed by atoms with E-state index in [-0.39, 0.29) is 48.2 Å². The summed E-state index contributed by atoms with van der Waals surface area (Å²) in [6, 6.07) is 52.5. The molecule has 2 aliphatic heterocycles. The average Bonchev–Trinajstić information content (AvgIpc) is 1.65. The maximum Gasteiger partial charge on any atom is 0.274 e. The molecule has 16 aromatic heterocycles. The Labute approximate surface area is 771 Å². The Morgan fingerprint density at radius 3 is 0.970 bits per heavy atom. The van der Waals surface area contributed by atoms with Crippen LogP contribution in [0.15, 0.2) is 260 Å². The number of benzene rings is 5. The topological polar surface area (TPSA) is 381 Å². The number of oxazole rings is 5. The molecule has 2 fully saturated rings. The van der Waals surface area contributed by atoms with Crippen LogP contribution in [0.3, 0.4) is 0 Å². The first kappa shape index (κ1) is 87.6. The number of nitrogens with one attached hydrogen (secondary N) is 3. The molecule has 21 aromatic rings. The number of fused-ring (bicyclic) bond motifs is 10. The first-order valence-corrected chi connectivity index (χ1v) is 44.4. The lowest BCUT2D eigenvalue weighted by Gasteiger charge is -2.42. The summed E-state index contributed by atoms with van der Waals surface area (Å²) in [5.74, 6) is 2.63. The van der Waals surface area contributed by atoms with Crippen LogP contribution >= 0.6 is 0 Å². The van der Waals surface area contributed by atoms with Gasteiger partial charge in [0.25, 0.3) is 29.5 Å². The van der Waals surface area contributed by atoms with E-state index in [2.05, 4.69) is 96.4 Å². The number of carbonyl (C=O) groups is 5. The summed E-state index contributed by atoms with van der Waals surface area (Å²) in [5, 5.41) is 17.1. The number of hydrogen-bond acceptors (Lipinski definition) is 23. The molecule has 135 heavy (non-hydrogen) atoms. The lowest BCUT2D eigenvalue weighted by Crippen LogP contribution is -2.54. The molecule has 5 amide bonds. The number of piperazine rings is 1. The van der Waals surface area contributed by atoms with Crippen LogP contribution < -0.4 is 16.0 Å². The third kappa shape index (κ3) is 18.6. The van der Waals surface area contributed by atoms with Gasteiger partial charge in [-0.05, 0) is 236 Å². The lowest BCUT2D eigenvalue weighted by molar-refractivity contribution is 0.0446. The second-order valence-electron chi connectivity index (χ2n) is 33.9. The molecule has 0 atom stereocenters. The van der Waals surface area contributed by atoms with Crippen LogP contribution in [-0.2, 0) is 0 Å². The molecule has 0 aliphatic carbocycles. The maximum atomic E-state index is 13.3. The minimum absolute atomic E-state index is 0.0285. The summed E-state index contributed by atoms with van der Waals surface area (Å²) in [6.45, 7) is 23.2. The van der Waals surface area contributed by atoms with Gasteiger partial charge in [0.1, 0.15) is 84.3 Å². The molecule has 0 saturated carbocycles. The van der Waals surface area contributed by atoms with Crippen LogP contribution in [0.5, 0.6) is 0 Å². The number of amides is 5. The average molecular weight is 1800 g/mol. The first-order valence-electron chi connectivity index (χ1n) is 44.4. The highest BCUT2D eigenvalue weighted by molar-refractivity contribution is 6.04. The van der Waals surface area contributed by atoms with Crippen LogP contribution in [0.1, 0.15) is 129 Å². The Morgan fingerprint density at radius 1 is 0.356 bits per heavy atom. The van der Waals surface area contributed by atoms with E-state index in [9.17, 15) is 24.0 Å². The quantitative estimate of drug-likeness (QED) is 0.0785. The van der Waals surface area contributed by atoms with Gasteiger partial charge in [-0.25, -0.2) is 49.8 Å². The zero-order chi connectivity index (χ0) is 93.3. The molecule has 23 rings (SSSR count). The maximum absolute atomic E-state index is 13.3. The van der Waals surface area contributed by atoms with Crippen LogP contribution in [0, 0.1) is 34.6 Å². The number of nitrogens with zero attached hydrogens (tertiary/aromatic N) is 19. The first-order chi connectivity index (χ1) is 65.5. The normalized spacial score (nSPS) is 13.0. The van der Waals surface area contributed by atoms with Crippen LogP contribution in [-0.4, -0.2) is 191 Å². The van der Waals surface area contributed by atoms with Gasteiger partial charge in [-0.3, -0.25) is 55.9 Å². The molecule has 4 N–H and O–H groups in total. The fourth-order valence-corrected chi connectivity index (χ4v) is 16.8. The van der Waals surface area contributed by atoms with Gasteiger partial charge in [0.15, 0.2) is 57.4 Å². The molecule has 33 heteroatoms. The Morgan fingerprint density at radius 2 is 0.659 bits per heavy atom. The summed E-state index contributed by atoms with van der Waals surface area (Å²) >= 11 is 0. The number of anilines is 1. The summed E-state index contributed by atoms with van der Waals surface area (Å²) in [7, 11) is 0. The number of piperidine rings is 1. The number of rotatable bonds is 14. The Bertz CT molecular complexity index is 8060. The minimum Gasteiger partial charge on any atom is -0.441 e. The van der Waals surface area contributed by atoms with Crippen molar-refractivity contribution in [3.8, 4) is 55.6 Å². The van der Waals surface area contributed by atoms with E-state index in [1.54, 1.807) is 62.5 Å². The number of aliphatic hydroxyl groups excluding tert-OH is 1. The van der Waals surface area contributed by atoms with Gasteiger partial charge in [-0.15, -0.1) is 0 Å². The van der Waals surface area contributed by atoms with Crippen LogP contribution in [0.25, 0.3) is 139 Å². The zero-order valence-electron chi connectivity index (χ0n) is 75.5. The van der Waals surface area contributed by atoms with E-state index in [1.807, 2.05) is 243 Å². The van der Waals surface area contributed by atoms with Crippen molar-refractivity contribution in [1.82, 2.24) is 102 Å². The number of likely N-dealkylation sites (tertiary alicyclic amines) is 1. The summed E-state index contributed by atoms with van der Waals surface area (Å²) < 4.78 is 36.8. The summed E-state index contributed by atoms with van der Waals surface area (Å²) in [6.07, 6.45) is 24.3. The monoisotopic (exact) mass is 1800 g/mol. The SMILES string of the molecule is CCNC(=O)c1cnc2ccc(-c3ccc4oc(C)nc4c3)cn12.Cc1nc2cc(-c3ccc4ncc(C(=O)N5CCCCC5)n4c3)ccc2o1.Cc1nc2cc(-c3ccc4ncc(C(=O)N5CCN(C(C)(C)C)CC5)n4c3)ccc2o1.Cc1nc2cc(-c3ccc4ncc(C(=O)NCCO)n4c3)ccc2o1.Cc1nc2cc(-c3ccc4ncc(C(=O)Nc5cccnc5)n4c3)ccc2o1. The molecule has 0 spiro atoms. The molecular formula is C102H94N22O11. The van der Waals surface area contributed by atoms with Crippen molar-refractivity contribution < 1.29 is 51.2 Å². The standard InChI is InChI=1S/C24H27N5O2.C21H15N5O2.C21H20N4O2.C18H16N4O3.C18H16N4O2/c1-16-26-19-13-17(5-7-21(19)31-16)18-6-8-22-25-14-20(29(22)15-18)23(30)27-9-11-28(12-10-27)24(2,3)4;1-13-24-17-9-14(4-6-19(17)28-13)15-5-7-20-23-11-18(26(20)12-15)21(27)25-16-3-2-8-22-10-16;1-14-23-17-11-15(5-7-19(17)27-14)16-6-8-20-22-12-18(25(20)13-16)21(26)24-9-3-2-4-10-24;1-11-21-14-8-12(2-4-16(14)25-11)13-3-5-17-20-9-15(22(17)10-13)18(24)19-6-7-23;1-3-19-18(23)15-9-20-17-7-5-13(10-22(15)17)12-4-6-16-14(8-12)21-11(2)24-16/h5-8,13-15H,9-12H2,1-4H3;2-12H,1H3,(H,25,27);5-8,11-13H,2-4,9-10H2,1H3;2-5,8-10,23H,6-7H2,1H3,(H,19,24);4-10H,3H2,1-2H3,(H,19,23). The van der Waals surface area contributed by atoms with Gasteiger partial charge < -0.3 is 52.9 Å². The number of aliphatic hydroxyl groups is 1. The molecular weight excluding hydrogens is 1710 g/mol. The van der Waals surface area contributed by atoms with Crippen molar-refractivity contribution in [2.45, 2.75) is 87.1 Å². The molecule has 18 heterocycles. The van der Waals surface area contributed by atoms with Gasteiger partial charge in [0.05, 0.1) is 49.5 Å². The molecule has 2 saturated heterocycles. The van der Waals surface area contributed by atoms with Crippen molar-refractivity contribution in [2.75, 3.05) is 64.3 Å². The predicted octanol–water partition coefficient (Wildman–Crippen LogP) is 17.6. The fraction of sp³-hybridized carbons (Fsp3) is 0.216. The highest BCUT2D eigenvalue weighted by Crippen LogP contribution is 2.34. The van der Waals surface area contributed by atoms with E-state index in [0.29, 0.717) is 81.4 Å². The third-order valence-electron chi connectivity index (χ3n) is 23.6. The van der Waals surface area contributed by atoms with Crippen LogP contribution in [0.4, 0.5) is 5.69 Å². The highest BCUT2D eigenvalue weighted by Gasteiger charge is 2.31. The van der Waals surface area contributed by atoms with Gasteiger partial charge >= 0.3 is 0 Å². The van der Waals surface area contributed by atoms with Crippen molar-refractivity contribution in [2.24, 2.45) is 0 Å². The summed E-state index contributed by atoms with van der Waals surface area (Å²) in [4.78, 5) is 117. The van der Waals surface area contributed by atoms with Crippen molar-refractivity contribution in [3.63, 3.8) is 0 Å². The third-order valence-corrected chi connectivity index (χ3v) is 23.6. The van der Waals surface area contributed by atoms with Crippen LogP contribution in [0.2, 0.25) is 0 Å². The molecule has 678 valence electrons. The summed E-state index contributed by atoms with van der Waals surface area (Å²) in [5.41, 5.74) is 24.8. The second-order valence-corrected chi connectivity index (χ2v) is 33.9. The fourth-order valence-electron chi connectivity index (χ4n) is 16.8. The van der Waals surface area contributed by atoms with Crippen molar-refractivity contribution >= 4 is 119 Å². The highest BCUT2D eigenvalue weighted by atomic mass is 16.4. The van der Waals surface area contributed by atoms with E-state index in [0.717, 1.165) is 180 Å².